The van der Waals surface area contributed by atoms with Crippen LogP contribution in [0.2, 0.25) is 0 Å². The van der Waals surface area contributed by atoms with Gasteiger partial charge in [0.2, 0.25) is 0 Å². The van der Waals surface area contributed by atoms with E-state index < -0.39 is 0 Å². The van der Waals surface area contributed by atoms with Crippen LogP contribution in [-0.4, -0.2) is 11.9 Å². The van der Waals surface area contributed by atoms with E-state index in [1.807, 2.05) is 17.2 Å². The number of ether oxygens (including phenoxy) is 1. The van der Waals surface area contributed by atoms with Crippen molar-refractivity contribution in [3.63, 3.8) is 0 Å². The number of hydrogen-bond donors (Lipinski definition) is 0. The fourth-order valence-electron chi connectivity index (χ4n) is 0.796. The average molecular weight is 144 g/mol. The summed E-state index contributed by atoms with van der Waals surface area (Å²) in [6, 6.07) is 0. The Morgan fingerprint density at radius 3 is 3.44 bits per heavy atom. The Bertz CT molecular complexity index is 101. The minimum absolute atomic E-state index is 0.769. The second-order valence-corrected chi connectivity index (χ2v) is 3.58. The third-order valence-electron chi connectivity index (χ3n) is 1.34. The zero-order valence-electron chi connectivity index (χ0n) is 5.67. The van der Waals surface area contributed by atoms with Crippen molar-refractivity contribution in [2.75, 3.05) is 6.61 Å². The zero-order valence-corrected chi connectivity index (χ0v) is 6.49. The first-order valence-electron chi connectivity index (χ1n) is 3.31. The third kappa shape index (κ3) is 2.80. The van der Waals surface area contributed by atoms with E-state index in [-0.39, 0.29) is 0 Å². The van der Waals surface area contributed by atoms with Gasteiger partial charge in [-0.3, -0.25) is 0 Å². The van der Waals surface area contributed by atoms with Gasteiger partial charge in [0.25, 0.3) is 0 Å². The van der Waals surface area contributed by atoms with Gasteiger partial charge in [0.1, 0.15) is 0 Å². The Balaban J connectivity index is 2.28. The Labute approximate surface area is 60.5 Å². The van der Waals surface area contributed by atoms with Crippen LogP contribution in [-0.2, 0) is 4.74 Å². The van der Waals surface area contributed by atoms with Gasteiger partial charge < -0.3 is 4.74 Å². The normalized spacial score (nSPS) is 31.9. The summed E-state index contributed by atoms with van der Waals surface area (Å²) >= 11 is 1.85. The van der Waals surface area contributed by atoms with Gasteiger partial charge in [0.15, 0.2) is 0 Å². The molecule has 52 valence electrons. The van der Waals surface area contributed by atoms with Gasteiger partial charge in [0.05, 0.1) is 12.9 Å². The van der Waals surface area contributed by atoms with Gasteiger partial charge in [-0.05, 0) is 12.8 Å². The molecule has 1 nitrogen and oxygen atoms in total. The van der Waals surface area contributed by atoms with Crippen molar-refractivity contribution in [3.05, 3.63) is 11.7 Å². The Hall–Kier alpha value is -0.110. The van der Waals surface area contributed by atoms with Crippen LogP contribution in [0.3, 0.4) is 0 Å². The summed E-state index contributed by atoms with van der Waals surface area (Å²) in [5.74, 6) is 0. The first-order valence-corrected chi connectivity index (χ1v) is 4.26. The number of rotatable bonds is 0. The van der Waals surface area contributed by atoms with E-state index in [1.165, 1.54) is 12.8 Å². The largest absolute Gasteiger partial charge is 0.501 e. The van der Waals surface area contributed by atoms with Crippen molar-refractivity contribution in [3.8, 4) is 0 Å². The van der Waals surface area contributed by atoms with E-state index in [9.17, 15) is 0 Å². The minimum Gasteiger partial charge on any atom is -0.501 e. The van der Waals surface area contributed by atoms with Crippen LogP contribution in [0.4, 0.5) is 0 Å². The summed E-state index contributed by atoms with van der Waals surface area (Å²) in [6.07, 6.45) is 4.26. The van der Waals surface area contributed by atoms with Gasteiger partial charge in [-0.25, -0.2) is 0 Å². The summed E-state index contributed by atoms with van der Waals surface area (Å²) in [4.78, 5) is 0. The lowest BCUT2D eigenvalue weighted by Gasteiger charge is -2.10. The Morgan fingerprint density at radius 1 is 1.67 bits per heavy atom. The molecule has 0 spiro atoms. The first kappa shape index (κ1) is 7.00. The SMILES string of the molecule is CC1CCCO/C=C\S1. The summed E-state index contributed by atoms with van der Waals surface area (Å²) in [5.41, 5.74) is 0. The topological polar surface area (TPSA) is 9.23 Å². The van der Waals surface area contributed by atoms with Gasteiger partial charge in [-0.15, -0.1) is 11.8 Å². The van der Waals surface area contributed by atoms with Crippen LogP contribution in [0.25, 0.3) is 0 Å². The predicted molar refractivity (Wildman–Crippen MR) is 41.4 cm³/mol. The van der Waals surface area contributed by atoms with E-state index in [0.29, 0.717) is 0 Å². The lowest BCUT2D eigenvalue weighted by Crippen LogP contribution is -1.99. The van der Waals surface area contributed by atoms with Gasteiger partial charge >= 0.3 is 0 Å². The van der Waals surface area contributed by atoms with Crippen molar-refractivity contribution >= 4 is 11.8 Å². The molecule has 0 aromatic carbocycles. The van der Waals surface area contributed by atoms with Gasteiger partial charge in [0, 0.05) is 10.7 Å². The molecule has 1 aliphatic heterocycles. The smallest absolute Gasteiger partial charge is 0.0891 e. The van der Waals surface area contributed by atoms with Crippen molar-refractivity contribution in [1.82, 2.24) is 0 Å². The number of hydrogen-bond acceptors (Lipinski definition) is 2. The molecule has 1 atom stereocenters. The van der Waals surface area contributed by atoms with Gasteiger partial charge in [-0.1, -0.05) is 6.92 Å². The highest BCUT2D eigenvalue weighted by Crippen LogP contribution is 2.18. The fraction of sp³-hybridized carbons (Fsp3) is 0.714. The Morgan fingerprint density at radius 2 is 2.56 bits per heavy atom. The second kappa shape index (κ2) is 3.83. The third-order valence-corrected chi connectivity index (χ3v) is 2.30. The highest BCUT2D eigenvalue weighted by atomic mass is 32.2. The molecule has 2 heteroatoms. The zero-order chi connectivity index (χ0) is 6.53. The molecular formula is C7H12OS. The van der Waals surface area contributed by atoms with E-state index >= 15 is 0 Å². The average Bonchev–Trinajstić information content (AvgIpc) is 1.79. The maximum atomic E-state index is 5.12. The molecule has 0 N–H and O–H groups in total. The van der Waals surface area contributed by atoms with E-state index in [1.54, 1.807) is 6.26 Å². The summed E-state index contributed by atoms with van der Waals surface area (Å²) < 4.78 is 5.12. The summed E-state index contributed by atoms with van der Waals surface area (Å²) in [7, 11) is 0. The molecule has 1 unspecified atom stereocenters. The molecule has 0 amide bonds. The van der Waals surface area contributed by atoms with Crippen molar-refractivity contribution in [2.45, 2.75) is 25.0 Å². The fourth-order valence-corrected chi connectivity index (χ4v) is 1.51. The first-order chi connectivity index (χ1) is 4.39. The number of thioether (sulfide) groups is 1. The summed E-state index contributed by atoms with van der Waals surface area (Å²) in [6.45, 7) is 3.14. The van der Waals surface area contributed by atoms with Crippen molar-refractivity contribution < 1.29 is 4.74 Å². The lowest BCUT2D eigenvalue weighted by atomic mass is 10.2. The van der Waals surface area contributed by atoms with Crippen molar-refractivity contribution in [1.29, 1.82) is 0 Å². The van der Waals surface area contributed by atoms with Crippen LogP contribution in [0.5, 0.6) is 0 Å². The molecule has 1 heterocycles. The van der Waals surface area contributed by atoms with Crippen LogP contribution < -0.4 is 0 Å². The standard InChI is InChI=1S/C7H12OS/c1-7-3-2-4-8-5-6-9-7/h5-7H,2-4H2,1H3/b6-5-. The highest BCUT2D eigenvalue weighted by molar-refractivity contribution is 8.02. The quantitative estimate of drug-likeness (QED) is 0.516. The molecule has 0 saturated carbocycles. The predicted octanol–water partition coefficient (Wildman–Crippen LogP) is 2.39. The molecule has 0 aromatic rings. The lowest BCUT2D eigenvalue weighted by molar-refractivity contribution is 0.241. The molecule has 0 aliphatic carbocycles. The van der Waals surface area contributed by atoms with E-state index in [4.69, 9.17) is 4.74 Å². The van der Waals surface area contributed by atoms with Crippen LogP contribution >= 0.6 is 11.8 Å². The van der Waals surface area contributed by atoms with E-state index in [0.717, 1.165) is 11.9 Å². The molecule has 1 rings (SSSR count). The van der Waals surface area contributed by atoms with Crippen LogP contribution in [0, 0.1) is 0 Å². The maximum absolute atomic E-state index is 5.12. The summed E-state index contributed by atoms with van der Waals surface area (Å²) in [5, 5.41) is 2.80. The molecular weight excluding hydrogens is 132 g/mol. The molecule has 0 fully saturated rings. The molecule has 1 aliphatic rings. The Kier molecular flexibility index (Phi) is 2.98. The monoisotopic (exact) mass is 144 g/mol. The molecule has 0 aromatic heterocycles. The highest BCUT2D eigenvalue weighted by Gasteiger charge is 2.01. The minimum atomic E-state index is 0.769. The molecule has 0 radical (unpaired) electrons. The maximum Gasteiger partial charge on any atom is 0.0891 e. The van der Waals surface area contributed by atoms with Crippen LogP contribution in [0.1, 0.15) is 19.8 Å². The van der Waals surface area contributed by atoms with Crippen molar-refractivity contribution in [2.24, 2.45) is 0 Å². The molecule has 9 heavy (non-hydrogen) atoms. The second-order valence-electron chi connectivity index (χ2n) is 2.23. The van der Waals surface area contributed by atoms with E-state index in [2.05, 4.69) is 6.92 Å². The van der Waals surface area contributed by atoms with Gasteiger partial charge in [-0.2, -0.15) is 0 Å². The molecule has 0 saturated heterocycles. The van der Waals surface area contributed by atoms with Crippen LogP contribution in [0.15, 0.2) is 11.7 Å². The molecule has 0 bridgehead atoms.